The lowest BCUT2D eigenvalue weighted by Gasteiger charge is -2.18. The molecule has 1 rings (SSSR count). The third-order valence-electron chi connectivity index (χ3n) is 4.72. The lowest BCUT2D eigenvalue weighted by molar-refractivity contribution is -0.162. The number of hydrogen-bond donors (Lipinski definition) is 1. The highest BCUT2D eigenvalue weighted by Gasteiger charge is 2.30. The first kappa shape index (κ1) is 23.1. The van der Waals surface area contributed by atoms with E-state index in [9.17, 15) is 14.7 Å². The highest BCUT2D eigenvalue weighted by molar-refractivity contribution is 5.95. The fraction of sp³-hybridized carbons (Fsp3) is 0.609. The summed E-state index contributed by atoms with van der Waals surface area (Å²) in [5.74, 6) is -0.428. The molecule has 0 amide bonds. The summed E-state index contributed by atoms with van der Waals surface area (Å²) in [4.78, 5) is 23.7. The molecular formula is C23H34O4. The van der Waals surface area contributed by atoms with Gasteiger partial charge in [0.1, 0.15) is 0 Å². The minimum absolute atomic E-state index is 0.0802. The molecule has 150 valence electrons. The number of unbranched alkanes of at least 4 members (excludes halogenated alkanes) is 4. The number of carbonyl (C=O) groups excluding carboxylic acids is 2. The van der Waals surface area contributed by atoms with Gasteiger partial charge in [-0.15, -0.1) is 5.73 Å². The van der Waals surface area contributed by atoms with Gasteiger partial charge in [0, 0.05) is 18.3 Å². The van der Waals surface area contributed by atoms with Crippen molar-refractivity contribution in [1.82, 2.24) is 0 Å². The van der Waals surface area contributed by atoms with Crippen molar-refractivity contribution in [2.45, 2.75) is 71.3 Å². The lowest BCUT2D eigenvalue weighted by atomic mass is 9.91. The molecule has 0 aromatic rings. The standard InChI is InChI=1S/C23H34O4/c1-4-6-7-8-9-11-14-19-16-17-21(24)20(19)15-12-10-13-18-23(3,26)22(25)27-5-2/h11-14,16-17,19-20,26H,4-9,15,18H2,1-3H3/t10?,19-,20+,23?/m0/s1. The summed E-state index contributed by atoms with van der Waals surface area (Å²) in [5.41, 5.74) is 1.42. The number of esters is 1. The average molecular weight is 375 g/mol. The van der Waals surface area contributed by atoms with Gasteiger partial charge in [-0.2, -0.15) is 0 Å². The zero-order chi connectivity index (χ0) is 20.1. The van der Waals surface area contributed by atoms with Crippen molar-refractivity contribution < 1.29 is 19.4 Å². The van der Waals surface area contributed by atoms with Crippen LogP contribution >= 0.6 is 0 Å². The number of hydrogen-bond acceptors (Lipinski definition) is 4. The average Bonchev–Trinajstić information content (AvgIpc) is 2.98. The van der Waals surface area contributed by atoms with Crippen LogP contribution in [0.3, 0.4) is 0 Å². The maximum Gasteiger partial charge on any atom is 0.338 e. The molecule has 3 atom stereocenters. The summed E-state index contributed by atoms with van der Waals surface area (Å²) in [5, 5.41) is 10.1. The van der Waals surface area contributed by atoms with E-state index < -0.39 is 11.6 Å². The predicted molar refractivity (Wildman–Crippen MR) is 108 cm³/mol. The summed E-state index contributed by atoms with van der Waals surface area (Å²) in [6, 6.07) is 0. The van der Waals surface area contributed by atoms with Gasteiger partial charge in [0.2, 0.25) is 0 Å². The minimum Gasteiger partial charge on any atom is -0.464 e. The Kier molecular flexibility index (Phi) is 10.7. The summed E-state index contributed by atoms with van der Waals surface area (Å²) in [6.45, 7) is 5.56. The van der Waals surface area contributed by atoms with Gasteiger partial charge in [-0.05, 0) is 51.3 Å². The molecule has 4 nitrogen and oxygen atoms in total. The van der Waals surface area contributed by atoms with Crippen LogP contribution < -0.4 is 0 Å². The Bertz CT molecular complexity index is 591. The zero-order valence-corrected chi connectivity index (χ0v) is 16.9. The smallest absolute Gasteiger partial charge is 0.338 e. The zero-order valence-electron chi connectivity index (χ0n) is 16.9. The molecule has 1 aliphatic carbocycles. The first-order chi connectivity index (χ1) is 12.9. The SMILES string of the molecule is CCCCCCC=C[C@H]1C=CC(=O)[C@@H]1CC=C=CCC(C)(O)C(=O)OCC. The van der Waals surface area contributed by atoms with Crippen molar-refractivity contribution in [2.75, 3.05) is 6.61 Å². The molecule has 27 heavy (non-hydrogen) atoms. The Morgan fingerprint density at radius 1 is 1.30 bits per heavy atom. The van der Waals surface area contributed by atoms with E-state index in [4.69, 9.17) is 4.74 Å². The van der Waals surface area contributed by atoms with Crippen LogP contribution in [0.15, 0.2) is 42.2 Å². The highest BCUT2D eigenvalue weighted by atomic mass is 16.5. The number of allylic oxidation sites excluding steroid dienone is 4. The predicted octanol–water partition coefficient (Wildman–Crippen LogP) is 4.69. The van der Waals surface area contributed by atoms with Gasteiger partial charge in [-0.3, -0.25) is 4.79 Å². The summed E-state index contributed by atoms with van der Waals surface area (Å²) < 4.78 is 4.83. The summed E-state index contributed by atoms with van der Waals surface area (Å²) in [6.07, 6.45) is 18.1. The topological polar surface area (TPSA) is 63.6 Å². The van der Waals surface area contributed by atoms with Gasteiger partial charge in [0.25, 0.3) is 0 Å². The molecule has 0 aromatic carbocycles. The second kappa shape index (κ2) is 12.5. The second-order valence-corrected chi connectivity index (χ2v) is 7.23. The first-order valence-electron chi connectivity index (χ1n) is 10.1. The van der Waals surface area contributed by atoms with Crippen molar-refractivity contribution in [3.8, 4) is 0 Å². The monoisotopic (exact) mass is 374 g/mol. The Hall–Kier alpha value is -1.90. The molecule has 0 fully saturated rings. The highest BCUT2D eigenvalue weighted by Crippen LogP contribution is 2.27. The van der Waals surface area contributed by atoms with Crippen molar-refractivity contribution >= 4 is 11.8 Å². The number of ketones is 1. The lowest BCUT2D eigenvalue weighted by Crippen LogP contribution is -2.36. The van der Waals surface area contributed by atoms with Crippen LogP contribution in [0, 0.1) is 11.8 Å². The Labute approximate surface area is 163 Å². The first-order valence-corrected chi connectivity index (χ1v) is 10.1. The molecule has 1 aliphatic rings. The quantitative estimate of drug-likeness (QED) is 0.233. The van der Waals surface area contributed by atoms with Crippen molar-refractivity contribution in [3.63, 3.8) is 0 Å². The van der Waals surface area contributed by atoms with E-state index in [2.05, 4.69) is 24.8 Å². The molecule has 0 aliphatic heterocycles. The van der Waals surface area contributed by atoms with Crippen molar-refractivity contribution in [1.29, 1.82) is 0 Å². The molecule has 0 saturated carbocycles. The van der Waals surface area contributed by atoms with E-state index in [0.717, 1.165) is 6.42 Å². The molecule has 4 heteroatoms. The van der Waals surface area contributed by atoms with Gasteiger partial charge in [-0.25, -0.2) is 4.79 Å². The molecule has 0 radical (unpaired) electrons. The third-order valence-corrected chi connectivity index (χ3v) is 4.72. The van der Waals surface area contributed by atoms with E-state index in [1.165, 1.54) is 32.6 Å². The number of ether oxygens (including phenoxy) is 1. The van der Waals surface area contributed by atoms with Crippen LogP contribution in [0.2, 0.25) is 0 Å². The van der Waals surface area contributed by atoms with E-state index in [-0.39, 0.29) is 30.6 Å². The van der Waals surface area contributed by atoms with E-state index >= 15 is 0 Å². The van der Waals surface area contributed by atoms with E-state index in [0.29, 0.717) is 6.42 Å². The van der Waals surface area contributed by atoms with Crippen LogP contribution in [0.1, 0.15) is 65.7 Å². The Morgan fingerprint density at radius 2 is 2.07 bits per heavy atom. The van der Waals surface area contributed by atoms with E-state index in [1.807, 2.05) is 6.08 Å². The van der Waals surface area contributed by atoms with E-state index in [1.54, 1.807) is 25.2 Å². The normalized spacial score (nSPS) is 21.1. The number of carbonyl (C=O) groups is 2. The van der Waals surface area contributed by atoms with Gasteiger partial charge in [0.15, 0.2) is 11.4 Å². The maximum absolute atomic E-state index is 12.1. The Morgan fingerprint density at radius 3 is 2.78 bits per heavy atom. The fourth-order valence-electron chi connectivity index (χ4n) is 2.97. The van der Waals surface area contributed by atoms with Crippen molar-refractivity contribution in [3.05, 3.63) is 42.2 Å². The third kappa shape index (κ3) is 8.55. The minimum atomic E-state index is -1.55. The molecular weight excluding hydrogens is 340 g/mol. The van der Waals surface area contributed by atoms with Gasteiger partial charge in [0.05, 0.1) is 6.61 Å². The summed E-state index contributed by atoms with van der Waals surface area (Å²) >= 11 is 0. The van der Waals surface area contributed by atoms with Crippen LogP contribution in [0.4, 0.5) is 0 Å². The summed E-state index contributed by atoms with van der Waals surface area (Å²) in [7, 11) is 0. The molecule has 0 heterocycles. The number of rotatable bonds is 12. The molecule has 1 unspecified atom stereocenters. The number of aliphatic hydroxyl groups is 1. The molecule has 0 bridgehead atoms. The van der Waals surface area contributed by atoms with Crippen LogP contribution in [0.5, 0.6) is 0 Å². The van der Waals surface area contributed by atoms with Crippen LogP contribution in [0.25, 0.3) is 0 Å². The second-order valence-electron chi connectivity index (χ2n) is 7.23. The van der Waals surface area contributed by atoms with Gasteiger partial charge < -0.3 is 9.84 Å². The van der Waals surface area contributed by atoms with Crippen molar-refractivity contribution in [2.24, 2.45) is 11.8 Å². The van der Waals surface area contributed by atoms with Gasteiger partial charge in [-0.1, -0.05) is 44.4 Å². The molecule has 1 N–H and O–H groups in total. The van der Waals surface area contributed by atoms with Gasteiger partial charge >= 0.3 is 5.97 Å². The molecule has 0 aromatic heterocycles. The molecule has 0 saturated heterocycles. The molecule has 0 spiro atoms. The maximum atomic E-state index is 12.1. The Balaban J connectivity index is 2.48. The fourth-order valence-corrected chi connectivity index (χ4v) is 2.97. The van der Waals surface area contributed by atoms with Crippen LogP contribution in [-0.2, 0) is 14.3 Å². The largest absolute Gasteiger partial charge is 0.464 e. The van der Waals surface area contributed by atoms with Crippen LogP contribution in [-0.4, -0.2) is 29.1 Å².